The molecule has 17 heavy (non-hydrogen) atoms. The van der Waals surface area contributed by atoms with E-state index in [1.165, 1.54) is 16.3 Å². The van der Waals surface area contributed by atoms with Crippen LogP contribution in [0.15, 0.2) is 42.5 Å². The maximum absolute atomic E-state index is 2.32. The van der Waals surface area contributed by atoms with Crippen LogP contribution in [-0.4, -0.2) is 0 Å². The van der Waals surface area contributed by atoms with E-state index in [1.54, 1.807) is 5.92 Å². The van der Waals surface area contributed by atoms with Crippen molar-refractivity contribution in [3.8, 4) is 0 Å². The maximum Gasteiger partial charge on any atom is 0.0101 e. The molecule has 0 amide bonds. The number of fused-ring (bicyclic) bond motifs is 1. The fraction of sp³-hybridized carbons (Fsp3) is 0.353. The van der Waals surface area contributed by atoms with Crippen molar-refractivity contribution in [2.45, 2.75) is 27.7 Å². The molecule has 0 fully saturated rings. The molecule has 1 radical (unpaired) electrons. The number of hydrogen-bond donors (Lipinski definition) is 0. The van der Waals surface area contributed by atoms with E-state index >= 15 is 0 Å². The maximum atomic E-state index is 2.32. The number of rotatable bonds is 3. The summed E-state index contributed by atoms with van der Waals surface area (Å²) in [6.07, 6.45) is 0. The molecule has 0 heterocycles. The van der Waals surface area contributed by atoms with Crippen LogP contribution in [0.2, 0.25) is 0 Å². The molecule has 0 aliphatic rings. The Morgan fingerprint density at radius 2 is 1.35 bits per heavy atom. The third-order valence-corrected chi connectivity index (χ3v) is 3.33. The molecule has 2 aromatic rings. The molecule has 0 heteroatoms. The van der Waals surface area contributed by atoms with Crippen LogP contribution in [-0.2, 0) is 0 Å². The number of benzene rings is 2. The van der Waals surface area contributed by atoms with Gasteiger partial charge in [-0.15, -0.1) is 0 Å². The first-order valence-corrected chi connectivity index (χ1v) is 6.45. The van der Waals surface area contributed by atoms with E-state index in [2.05, 4.69) is 70.2 Å². The summed E-state index contributed by atoms with van der Waals surface area (Å²) in [7, 11) is 0. The quantitative estimate of drug-likeness (QED) is 0.683. The van der Waals surface area contributed by atoms with Crippen molar-refractivity contribution in [2.75, 3.05) is 0 Å². The van der Waals surface area contributed by atoms with Gasteiger partial charge in [-0.2, -0.15) is 0 Å². The van der Waals surface area contributed by atoms with Gasteiger partial charge < -0.3 is 0 Å². The van der Waals surface area contributed by atoms with Gasteiger partial charge in [0.2, 0.25) is 0 Å². The Bertz CT molecular complexity index is 486. The SMILES string of the molecule is CC(C)[C](c1ccc2ccccc2c1)C(C)C. The highest BCUT2D eigenvalue weighted by molar-refractivity contribution is 5.83. The lowest BCUT2D eigenvalue weighted by atomic mass is 9.79. The van der Waals surface area contributed by atoms with Gasteiger partial charge in [0.25, 0.3) is 0 Å². The average molecular weight is 225 g/mol. The molecule has 0 saturated heterocycles. The van der Waals surface area contributed by atoms with E-state index in [0.717, 1.165) is 0 Å². The fourth-order valence-electron chi connectivity index (χ4n) is 2.70. The van der Waals surface area contributed by atoms with Crippen LogP contribution in [0.5, 0.6) is 0 Å². The molecule has 89 valence electrons. The van der Waals surface area contributed by atoms with Gasteiger partial charge in [0, 0.05) is 5.92 Å². The van der Waals surface area contributed by atoms with E-state index in [-0.39, 0.29) is 0 Å². The first kappa shape index (κ1) is 12.2. The van der Waals surface area contributed by atoms with Gasteiger partial charge in [0.05, 0.1) is 0 Å². The molecule has 0 nitrogen and oxygen atoms in total. The molecule has 2 aromatic carbocycles. The zero-order valence-corrected chi connectivity index (χ0v) is 11.2. The Labute approximate surface area is 105 Å². The van der Waals surface area contributed by atoms with Gasteiger partial charge in [-0.3, -0.25) is 0 Å². The molecule has 2 rings (SSSR count). The minimum atomic E-state index is 0.608. The summed E-state index contributed by atoms with van der Waals surface area (Å²) in [5.41, 5.74) is 1.40. The first-order valence-electron chi connectivity index (χ1n) is 6.45. The second-order valence-electron chi connectivity index (χ2n) is 5.33. The molecular formula is C17H21. The van der Waals surface area contributed by atoms with Crippen molar-refractivity contribution >= 4 is 10.8 Å². The zero-order chi connectivity index (χ0) is 12.4. The van der Waals surface area contributed by atoms with E-state index < -0.39 is 0 Å². The second kappa shape index (κ2) is 4.91. The molecule has 0 aliphatic carbocycles. The molecule has 0 aliphatic heterocycles. The van der Waals surface area contributed by atoms with Gasteiger partial charge in [-0.1, -0.05) is 70.2 Å². The minimum absolute atomic E-state index is 0.608. The second-order valence-corrected chi connectivity index (χ2v) is 5.33. The Morgan fingerprint density at radius 3 is 1.94 bits per heavy atom. The largest absolute Gasteiger partial charge is 0.0619 e. The number of hydrogen-bond acceptors (Lipinski definition) is 0. The van der Waals surface area contributed by atoms with E-state index in [0.29, 0.717) is 11.8 Å². The van der Waals surface area contributed by atoms with Crippen molar-refractivity contribution in [3.05, 3.63) is 53.9 Å². The molecule has 0 aromatic heterocycles. The van der Waals surface area contributed by atoms with E-state index in [9.17, 15) is 0 Å². The molecule has 0 N–H and O–H groups in total. The van der Waals surface area contributed by atoms with Crippen LogP contribution in [0.4, 0.5) is 0 Å². The van der Waals surface area contributed by atoms with Gasteiger partial charge in [-0.25, -0.2) is 0 Å². The van der Waals surface area contributed by atoms with Crippen molar-refractivity contribution in [2.24, 2.45) is 11.8 Å². The van der Waals surface area contributed by atoms with Crippen molar-refractivity contribution < 1.29 is 0 Å². The molecule has 0 atom stereocenters. The summed E-state index contributed by atoms with van der Waals surface area (Å²) >= 11 is 0. The van der Waals surface area contributed by atoms with Crippen molar-refractivity contribution in [1.29, 1.82) is 0 Å². The van der Waals surface area contributed by atoms with Crippen LogP contribution >= 0.6 is 0 Å². The lowest BCUT2D eigenvalue weighted by Crippen LogP contribution is -2.14. The summed E-state index contributed by atoms with van der Waals surface area (Å²) in [4.78, 5) is 0. The summed E-state index contributed by atoms with van der Waals surface area (Å²) in [6, 6.07) is 15.4. The Hall–Kier alpha value is -1.30. The Kier molecular flexibility index (Phi) is 3.51. The van der Waals surface area contributed by atoms with Crippen molar-refractivity contribution in [3.63, 3.8) is 0 Å². The third-order valence-electron chi connectivity index (χ3n) is 3.33. The lowest BCUT2D eigenvalue weighted by molar-refractivity contribution is 0.543. The van der Waals surface area contributed by atoms with Gasteiger partial charge in [-0.05, 0) is 28.2 Å². The van der Waals surface area contributed by atoms with E-state index in [1.807, 2.05) is 0 Å². The normalized spacial score (nSPS) is 11.9. The van der Waals surface area contributed by atoms with Gasteiger partial charge in [0.1, 0.15) is 0 Å². The van der Waals surface area contributed by atoms with Crippen LogP contribution in [0.25, 0.3) is 10.8 Å². The standard InChI is InChI=1S/C17H21/c1-12(2)17(13(3)4)16-10-9-14-7-5-6-8-15(14)11-16/h5-13H,1-4H3. The lowest BCUT2D eigenvalue weighted by Gasteiger charge is -2.24. The van der Waals surface area contributed by atoms with Gasteiger partial charge in [0.15, 0.2) is 0 Å². The summed E-state index contributed by atoms with van der Waals surface area (Å²) in [5.74, 6) is 2.77. The highest BCUT2D eigenvalue weighted by atomic mass is 14.2. The summed E-state index contributed by atoms with van der Waals surface area (Å²) in [5, 5.41) is 2.66. The van der Waals surface area contributed by atoms with Crippen LogP contribution in [0.1, 0.15) is 33.3 Å². The molecular weight excluding hydrogens is 204 g/mol. The first-order chi connectivity index (χ1) is 8.09. The fourth-order valence-corrected chi connectivity index (χ4v) is 2.70. The minimum Gasteiger partial charge on any atom is -0.0619 e. The Morgan fingerprint density at radius 1 is 0.765 bits per heavy atom. The molecule has 0 bridgehead atoms. The predicted molar refractivity (Wildman–Crippen MR) is 76.0 cm³/mol. The molecule has 0 spiro atoms. The van der Waals surface area contributed by atoms with Gasteiger partial charge >= 0.3 is 0 Å². The zero-order valence-electron chi connectivity index (χ0n) is 11.2. The van der Waals surface area contributed by atoms with Crippen LogP contribution in [0.3, 0.4) is 0 Å². The third kappa shape index (κ3) is 2.52. The Balaban J connectivity index is 2.47. The van der Waals surface area contributed by atoms with Crippen LogP contribution in [0, 0.1) is 17.8 Å². The highest BCUT2D eigenvalue weighted by Gasteiger charge is 2.20. The monoisotopic (exact) mass is 225 g/mol. The van der Waals surface area contributed by atoms with Crippen molar-refractivity contribution in [1.82, 2.24) is 0 Å². The topological polar surface area (TPSA) is 0 Å². The molecule has 0 saturated carbocycles. The summed E-state index contributed by atoms with van der Waals surface area (Å²) in [6.45, 7) is 9.13. The smallest absolute Gasteiger partial charge is 0.0101 e. The summed E-state index contributed by atoms with van der Waals surface area (Å²) < 4.78 is 0. The van der Waals surface area contributed by atoms with E-state index in [4.69, 9.17) is 0 Å². The predicted octanol–water partition coefficient (Wildman–Crippen LogP) is 5.07. The molecule has 0 unspecified atom stereocenters. The highest BCUT2D eigenvalue weighted by Crippen LogP contribution is 2.32. The van der Waals surface area contributed by atoms with Crippen LogP contribution < -0.4 is 0 Å². The average Bonchev–Trinajstić information content (AvgIpc) is 2.28.